The van der Waals surface area contributed by atoms with E-state index in [1.807, 2.05) is 13.8 Å². The van der Waals surface area contributed by atoms with Gasteiger partial charge in [0, 0.05) is 65.0 Å². The Morgan fingerprint density at radius 1 is 0.945 bits per heavy atom. The van der Waals surface area contributed by atoms with Crippen LogP contribution >= 0.6 is 11.3 Å². The number of carbonyl (C=O) groups is 4. The lowest BCUT2D eigenvalue weighted by atomic mass is 9.82. The van der Waals surface area contributed by atoms with Gasteiger partial charge in [0.15, 0.2) is 5.13 Å². The molecule has 1 aliphatic heterocycles. The number of amides is 5. The highest BCUT2D eigenvalue weighted by molar-refractivity contribution is 7.13. The first-order valence-corrected chi connectivity index (χ1v) is 21.6. The number of nitrogens with one attached hydrogen (secondary N) is 1. The van der Waals surface area contributed by atoms with E-state index in [2.05, 4.69) is 10.3 Å². The Hall–Kier alpha value is -3.01. The predicted molar refractivity (Wildman–Crippen MR) is 214 cm³/mol. The minimum absolute atomic E-state index is 0.104. The quantitative estimate of drug-likeness (QED) is 0.162. The SMILES string of the molecule is CC(C)C[C@H](O)[C@H](O)[C@H](CC1CCCCC1)NC(=O)[C@@H](CC(=O)N(CC(=O)N(C)CCN(C)C(=O)N1CCOCC1)CC1CCCCC1)Cc1csc(N)n1. The van der Waals surface area contributed by atoms with Crippen molar-refractivity contribution < 1.29 is 34.1 Å². The van der Waals surface area contributed by atoms with Crippen molar-refractivity contribution in [3.05, 3.63) is 11.1 Å². The molecule has 15 heteroatoms. The van der Waals surface area contributed by atoms with Gasteiger partial charge in [0.2, 0.25) is 17.7 Å². The Bertz CT molecular complexity index is 1350. The van der Waals surface area contributed by atoms with Crippen molar-refractivity contribution in [2.45, 2.75) is 122 Å². The number of rotatable bonds is 19. The van der Waals surface area contributed by atoms with Gasteiger partial charge in [-0.2, -0.15) is 0 Å². The van der Waals surface area contributed by atoms with E-state index >= 15 is 0 Å². The monoisotopic (exact) mass is 791 g/mol. The fourth-order valence-corrected chi connectivity index (χ4v) is 8.84. The van der Waals surface area contributed by atoms with E-state index in [1.54, 1.807) is 39.1 Å². The molecule has 0 aromatic carbocycles. The highest BCUT2D eigenvalue weighted by Crippen LogP contribution is 2.30. The van der Waals surface area contributed by atoms with Crippen LogP contribution in [0.4, 0.5) is 9.93 Å². The second-order valence-corrected chi connectivity index (χ2v) is 17.6. The van der Waals surface area contributed by atoms with Crippen molar-refractivity contribution in [3.8, 4) is 0 Å². The molecule has 5 N–H and O–H groups in total. The maximum atomic E-state index is 14.4. The number of thiazole rings is 1. The summed E-state index contributed by atoms with van der Waals surface area (Å²) in [7, 11) is 3.41. The zero-order valence-electron chi connectivity index (χ0n) is 33.8. The molecule has 55 heavy (non-hydrogen) atoms. The molecule has 5 amide bonds. The van der Waals surface area contributed by atoms with Crippen LogP contribution in [0.2, 0.25) is 0 Å². The van der Waals surface area contributed by atoms with E-state index in [0.717, 1.165) is 57.8 Å². The maximum absolute atomic E-state index is 14.4. The molecule has 312 valence electrons. The summed E-state index contributed by atoms with van der Waals surface area (Å²) in [5.41, 5.74) is 6.56. The molecule has 1 saturated heterocycles. The Morgan fingerprint density at radius 3 is 2.16 bits per heavy atom. The zero-order chi connectivity index (χ0) is 39.9. The number of nitrogens with two attached hydrogens (primary N) is 1. The predicted octanol–water partition coefficient (Wildman–Crippen LogP) is 3.75. The molecule has 0 unspecified atom stereocenters. The number of likely N-dealkylation sites (N-methyl/N-ethyl adjacent to an activating group) is 2. The number of carbonyl (C=O) groups excluding carboxylic acids is 4. The summed E-state index contributed by atoms with van der Waals surface area (Å²) < 4.78 is 5.36. The number of anilines is 1. The number of hydrogen-bond acceptors (Lipinski definition) is 10. The number of aliphatic hydroxyl groups excluding tert-OH is 2. The first-order chi connectivity index (χ1) is 26.3. The molecule has 1 aromatic heterocycles. The maximum Gasteiger partial charge on any atom is 0.319 e. The van der Waals surface area contributed by atoms with Crippen molar-refractivity contribution in [2.75, 3.05) is 72.3 Å². The third-order valence-corrected chi connectivity index (χ3v) is 12.4. The van der Waals surface area contributed by atoms with Gasteiger partial charge in [-0.25, -0.2) is 9.78 Å². The third kappa shape index (κ3) is 14.8. The van der Waals surface area contributed by atoms with Gasteiger partial charge in [-0.1, -0.05) is 65.2 Å². The lowest BCUT2D eigenvalue weighted by molar-refractivity contribution is -0.142. The van der Waals surface area contributed by atoms with Crippen LogP contribution in [0, 0.1) is 23.7 Å². The summed E-state index contributed by atoms with van der Waals surface area (Å²) in [5.74, 6) is -1.00. The fourth-order valence-electron chi connectivity index (χ4n) is 8.26. The summed E-state index contributed by atoms with van der Waals surface area (Å²) in [6, 6.07) is -0.781. The van der Waals surface area contributed by atoms with Crippen LogP contribution in [0.25, 0.3) is 0 Å². The van der Waals surface area contributed by atoms with Crippen molar-refractivity contribution in [2.24, 2.45) is 23.7 Å². The Labute approximate surface area is 332 Å². The Kier molecular flexibility index (Phi) is 18.4. The number of aromatic nitrogens is 1. The molecule has 3 fully saturated rings. The first kappa shape index (κ1) is 44.7. The van der Waals surface area contributed by atoms with E-state index in [-0.39, 0.29) is 55.0 Å². The smallest absolute Gasteiger partial charge is 0.319 e. The number of ether oxygens (including phenoxy) is 1. The minimum Gasteiger partial charge on any atom is -0.390 e. The molecule has 1 aromatic rings. The topological polar surface area (TPSA) is 182 Å². The van der Waals surface area contributed by atoms with Crippen LogP contribution in [0.1, 0.15) is 103 Å². The van der Waals surface area contributed by atoms with E-state index in [4.69, 9.17) is 10.5 Å². The Morgan fingerprint density at radius 2 is 1.56 bits per heavy atom. The van der Waals surface area contributed by atoms with Crippen LogP contribution in [0.5, 0.6) is 0 Å². The van der Waals surface area contributed by atoms with Crippen molar-refractivity contribution >= 4 is 40.2 Å². The van der Waals surface area contributed by atoms with E-state index < -0.39 is 24.2 Å². The second-order valence-electron chi connectivity index (χ2n) is 16.7. The number of nitrogens with zero attached hydrogens (tertiary/aromatic N) is 5. The number of morpholine rings is 1. The zero-order valence-corrected chi connectivity index (χ0v) is 34.6. The number of nitrogen functional groups attached to an aromatic ring is 1. The molecule has 2 aliphatic carbocycles. The molecule has 4 rings (SSSR count). The molecule has 2 saturated carbocycles. The van der Waals surface area contributed by atoms with Crippen LogP contribution in [0.15, 0.2) is 5.38 Å². The molecule has 2 heterocycles. The van der Waals surface area contributed by atoms with Crippen molar-refractivity contribution in [1.29, 1.82) is 0 Å². The normalized spacial score (nSPS) is 19.4. The van der Waals surface area contributed by atoms with Crippen LogP contribution in [-0.2, 0) is 25.5 Å². The van der Waals surface area contributed by atoms with E-state index in [1.165, 1.54) is 17.8 Å². The van der Waals surface area contributed by atoms with Crippen molar-refractivity contribution in [3.63, 3.8) is 0 Å². The molecule has 0 radical (unpaired) electrons. The standard InChI is InChI=1S/C40H69N7O7S/c1-28(2)21-34(48)37(51)33(22-29-11-7-5-8-12-29)43-38(52)31(23-32-27-55-39(41)42-32)24-35(49)47(25-30-13-9-6-10-14-30)26-36(50)44(3)15-16-45(4)40(53)46-17-19-54-20-18-46/h27-31,33-34,37,48,51H,5-26H2,1-4H3,(H2,41,42)(H,43,52)/t31-,33+,34+,37-/m1/s1. The number of urea groups is 1. The summed E-state index contributed by atoms with van der Waals surface area (Å²) >= 11 is 1.27. The Balaban J connectivity index is 1.48. The highest BCUT2D eigenvalue weighted by atomic mass is 32.1. The summed E-state index contributed by atoms with van der Waals surface area (Å²) in [6.07, 6.45) is 9.48. The van der Waals surface area contributed by atoms with Crippen molar-refractivity contribution in [1.82, 2.24) is 29.9 Å². The first-order valence-electron chi connectivity index (χ1n) is 20.8. The lowest BCUT2D eigenvalue weighted by Crippen LogP contribution is -2.52. The van der Waals surface area contributed by atoms with E-state index in [9.17, 15) is 29.4 Å². The largest absolute Gasteiger partial charge is 0.390 e. The van der Waals surface area contributed by atoms with Gasteiger partial charge in [-0.05, 0) is 43.4 Å². The van der Waals surface area contributed by atoms with Gasteiger partial charge in [0.1, 0.15) is 6.10 Å². The van der Waals surface area contributed by atoms with Gasteiger partial charge in [0.25, 0.3) is 0 Å². The highest BCUT2D eigenvalue weighted by Gasteiger charge is 2.35. The molecule has 4 atom stereocenters. The lowest BCUT2D eigenvalue weighted by Gasteiger charge is -2.34. The van der Waals surface area contributed by atoms with Gasteiger partial charge in [0.05, 0.1) is 43.5 Å². The molecular weight excluding hydrogens is 723 g/mol. The summed E-state index contributed by atoms with van der Waals surface area (Å²) in [6.45, 7) is 7.00. The fraction of sp³-hybridized carbons (Fsp3) is 0.825. The van der Waals surface area contributed by atoms with E-state index in [0.29, 0.717) is 75.5 Å². The van der Waals surface area contributed by atoms with Gasteiger partial charge < -0.3 is 45.6 Å². The number of hydrogen-bond donors (Lipinski definition) is 4. The average molecular weight is 792 g/mol. The van der Waals surface area contributed by atoms with Crippen LogP contribution in [-0.4, -0.2) is 143 Å². The average Bonchev–Trinajstić information content (AvgIpc) is 3.60. The molecule has 3 aliphatic rings. The van der Waals surface area contributed by atoms with Crippen LogP contribution < -0.4 is 11.1 Å². The molecule has 0 bridgehead atoms. The second kappa shape index (κ2) is 22.7. The van der Waals surface area contributed by atoms with Crippen LogP contribution in [0.3, 0.4) is 0 Å². The third-order valence-electron chi connectivity index (χ3n) is 11.7. The molecule has 0 spiro atoms. The summed E-state index contributed by atoms with van der Waals surface area (Å²) in [5, 5.41) is 27.7. The molecular formula is C40H69N7O7S. The summed E-state index contributed by atoms with van der Waals surface area (Å²) in [4.78, 5) is 66.2. The number of aliphatic hydroxyl groups is 2. The molecule has 14 nitrogen and oxygen atoms in total. The van der Waals surface area contributed by atoms with Gasteiger partial charge >= 0.3 is 6.03 Å². The minimum atomic E-state index is -1.15. The van der Waals surface area contributed by atoms with Gasteiger partial charge in [-0.3, -0.25) is 14.4 Å². The van der Waals surface area contributed by atoms with Gasteiger partial charge in [-0.15, -0.1) is 11.3 Å².